The van der Waals surface area contributed by atoms with Gasteiger partial charge in [-0.15, -0.1) is 0 Å². The van der Waals surface area contributed by atoms with Crippen LogP contribution in [0.25, 0.3) is 0 Å². The van der Waals surface area contributed by atoms with Gasteiger partial charge in [0.2, 0.25) is 0 Å². The van der Waals surface area contributed by atoms with Gasteiger partial charge in [-0.3, -0.25) is 0 Å². The molecule has 0 heteroatoms. The quantitative estimate of drug-likeness (QED) is 0.329. The lowest BCUT2D eigenvalue weighted by Gasteiger charge is -2.17. The first-order chi connectivity index (χ1) is 12.3. The average Bonchev–Trinajstić information content (AvgIpc) is 3.29. The summed E-state index contributed by atoms with van der Waals surface area (Å²) in [4.78, 5) is 0. The van der Waals surface area contributed by atoms with Gasteiger partial charge in [0.15, 0.2) is 0 Å². The van der Waals surface area contributed by atoms with Gasteiger partial charge in [0, 0.05) is 0 Å². The molecule has 0 heterocycles. The fourth-order valence-corrected chi connectivity index (χ4v) is 4.17. The predicted molar refractivity (Wildman–Crippen MR) is 117 cm³/mol. The summed E-state index contributed by atoms with van der Waals surface area (Å²) >= 11 is 0. The van der Waals surface area contributed by atoms with Crippen LogP contribution in [0, 0.1) is 17.8 Å². The number of hydrogen-bond donors (Lipinski definition) is 0. The molecule has 0 nitrogen and oxygen atoms in total. The molecule has 1 aliphatic carbocycles. The van der Waals surface area contributed by atoms with Gasteiger partial charge < -0.3 is 0 Å². The third kappa shape index (κ3) is 8.28. The molecule has 0 amide bonds. The Bertz CT molecular complexity index is 527. The van der Waals surface area contributed by atoms with Crippen molar-refractivity contribution in [3.05, 3.63) is 34.9 Å². The summed E-state index contributed by atoms with van der Waals surface area (Å²) in [5, 5.41) is 0. The molecule has 0 N–H and O–H groups in total. The fourth-order valence-electron chi connectivity index (χ4n) is 4.17. The van der Waals surface area contributed by atoms with E-state index in [0.29, 0.717) is 5.41 Å². The number of unbranched alkanes of at least 4 members (excludes halogenated alkanes) is 5. The van der Waals surface area contributed by atoms with Gasteiger partial charge in [-0.1, -0.05) is 78.0 Å². The van der Waals surface area contributed by atoms with Crippen molar-refractivity contribution in [1.29, 1.82) is 0 Å². The van der Waals surface area contributed by atoms with E-state index in [1.165, 1.54) is 89.0 Å². The van der Waals surface area contributed by atoms with Crippen molar-refractivity contribution < 1.29 is 0 Å². The molecule has 2 rings (SSSR count). The molecule has 0 radical (unpaired) electrons. The molecule has 1 aliphatic rings. The average molecular weight is 357 g/mol. The maximum absolute atomic E-state index is 2.47. The van der Waals surface area contributed by atoms with E-state index >= 15 is 0 Å². The van der Waals surface area contributed by atoms with E-state index in [2.05, 4.69) is 52.8 Å². The molecular formula is C26H44. The Morgan fingerprint density at radius 3 is 2.19 bits per heavy atom. The van der Waals surface area contributed by atoms with Crippen LogP contribution in [-0.2, 0) is 12.8 Å². The van der Waals surface area contributed by atoms with Crippen LogP contribution in [0.5, 0.6) is 0 Å². The van der Waals surface area contributed by atoms with Crippen LogP contribution < -0.4 is 0 Å². The Labute approximate surface area is 164 Å². The van der Waals surface area contributed by atoms with Crippen LogP contribution in [0.4, 0.5) is 0 Å². The summed E-state index contributed by atoms with van der Waals surface area (Å²) in [6, 6.07) is 6.97. The minimum absolute atomic E-state index is 0.501. The van der Waals surface area contributed by atoms with E-state index in [1.54, 1.807) is 11.1 Å². The highest BCUT2D eigenvalue weighted by Crippen LogP contribution is 2.49. The standard InChI is InChI=1S/C26H44/c1-22-14-13-16-23(15-9-6-7-11-18-25(2,3)4)24(22)17-10-8-12-19-26(5)20-21-26/h13-14,16H,6-12,15,17-21H2,1-5H3. The Hall–Kier alpha value is -0.780. The summed E-state index contributed by atoms with van der Waals surface area (Å²) in [5.74, 6) is 0. The lowest BCUT2D eigenvalue weighted by atomic mass is 9.89. The SMILES string of the molecule is Cc1cccc(CCCCCCC(C)(C)C)c1CCCCCC1(C)CC1. The molecule has 0 unspecified atom stereocenters. The van der Waals surface area contributed by atoms with Gasteiger partial charge in [0.25, 0.3) is 0 Å². The van der Waals surface area contributed by atoms with Crippen LogP contribution in [0.1, 0.15) is 115 Å². The van der Waals surface area contributed by atoms with E-state index in [-0.39, 0.29) is 0 Å². The van der Waals surface area contributed by atoms with Gasteiger partial charge in [-0.05, 0) is 85.8 Å². The summed E-state index contributed by atoms with van der Waals surface area (Å²) in [7, 11) is 0. The number of hydrogen-bond acceptors (Lipinski definition) is 0. The molecule has 0 aliphatic heterocycles. The lowest BCUT2D eigenvalue weighted by molar-refractivity contribution is 0.357. The van der Waals surface area contributed by atoms with Crippen LogP contribution >= 0.6 is 0 Å². The van der Waals surface area contributed by atoms with E-state index in [0.717, 1.165) is 5.41 Å². The zero-order chi connectivity index (χ0) is 19.0. The topological polar surface area (TPSA) is 0 Å². The Balaban J connectivity index is 1.68. The van der Waals surface area contributed by atoms with Crippen molar-refractivity contribution >= 4 is 0 Å². The minimum atomic E-state index is 0.501. The molecule has 26 heavy (non-hydrogen) atoms. The van der Waals surface area contributed by atoms with E-state index < -0.39 is 0 Å². The number of rotatable bonds is 12. The van der Waals surface area contributed by atoms with Crippen molar-refractivity contribution in [3.63, 3.8) is 0 Å². The largest absolute Gasteiger partial charge is 0.0617 e. The van der Waals surface area contributed by atoms with Crippen LogP contribution in [0.2, 0.25) is 0 Å². The molecule has 1 aromatic rings. The molecule has 0 atom stereocenters. The molecule has 1 aromatic carbocycles. The first-order valence-electron chi connectivity index (χ1n) is 11.4. The van der Waals surface area contributed by atoms with Crippen LogP contribution in [-0.4, -0.2) is 0 Å². The summed E-state index contributed by atoms with van der Waals surface area (Å²) in [5.41, 5.74) is 6.06. The van der Waals surface area contributed by atoms with Gasteiger partial charge in [0.1, 0.15) is 0 Å². The molecule has 1 fully saturated rings. The highest BCUT2D eigenvalue weighted by Gasteiger charge is 2.35. The number of aryl methyl sites for hydroxylation is 2. The van der Waals surface area contributed by atoms with Gasteiger partial charge >= 0.3 is 0 Å². The zero-order valence-corrected chi connectivity index (χ0v) is 18.4. The minimum Gasteiger partial charge on any atom is -0.0617 e. The Morgan fingerprint density at radius 1 is 0.846 bits per heavy atom. The van der Waals surface area contributed by atoms with Crippen molar-refractivity contribution in [2.45, 2.75) is 118 Å². The molecule has 1 saturated carbocycles. The van der Waals surface area contributed by atoms with E-state index in [9.17, 15) is 0 Å². The number of benzene rings is 1. The van der Waals surface area contributed by atoms with Crippen molar-refractivity contribution in [1.82, 2.24) is 0 Å². The summed E-state index contributed by atoms with van der Waals surface area (Å²) < 4.78 is 0. The third-order valence-electron chi connectivity index (χ3n) is 6.44. The third-order valence-corrected chi connectivity index (χ3v) is 6.44. The molecule has 148 valence electrons. The maximum Gasteiger partial charge on any atom is -0.0274 e. The Kier molecular flexibility index (Phi) is 8.24. The normalized spacial score (nSPS) is 16.0. The second-order valence-electron chi connectivity index (χ2n) is 10.6. The monoisotopic (exact) mass is 356 g/mol. The zero-order valence-electron chi connectivity index (χ0n) is 18.4. The highest BCUT2D eigenvalue weighted by molar-refractivity contribution is 5.34. The first kappa shape index (κ1) is 21.5. The maximum atomic E-state index is 2.47. The van der Waals surface area contributed by atoms with Crippen LogP contribution in [0.15, 0.2) is 18.2 Å². The smallest absolute Gasteiger partial charge is 0.0274 e. The molecular weight excluding hydrogens is 312 g/mol. The molecule has 0 bridgehead atoms. The van der Waals surface area contributed by atoms with E-state index in [1.807, 2.05) is 0 Å². The summed E-state index contributed by atoms with van der Waals surface area (Å²) in [6.07, 6.45) is 18.1. The molecule has 0 aromatic heterocycles. The lowest BCUT2D eigenvalue weighted by Crippen LogP contribution is -2.04. The van der Waals surface area contributed by atoms with Crippen molar-refractivity contribution in [2.75, 3.05) is 0 Å². The van der Waals surface area contributed by atoms with E-state index in [4.69, 9.17) is 0 Å². The predicted octanol–water partition coefficient (Wildman–Crippen LogP) is 8.44. The fraction of sp³-hybridized carbons (Fsp3) is 0.769. The highest BCUT2D eigenvalue weighted by atomic mass is 14.4. The molecule has 0 saturated heterocycles. The van der Waals surface area contributed by atoms with Gasteiger partial charge in [0.05, 0.1) is 0 Å². The van der Waals surface area contributed by atoms with Crippen molar-refractivity contribution in [2.24, 2.45) is 10.8 Å². The summed E-state index contributed by atoms with van der Waals surface area (Å²) in [6.45, 7) is 11.9. The first-order valence-corrected chi connectivity index (χ1v) is 11.4. The second kappa shape index (κ2) is 9.95. The van der Waals surface area contributed by atoms with Gasteiger partial charge in [-0.25, -0.2) is 0 Å². The van der Waals surface area contributed by atoms with Gasteiger partial charge in [-0.2, -0.15) is 0 Å². The second-order valence-corrected chi connectivity index (χ2v) is 10.6. The molecule has 0 spiro atoms. The van der Waals surface area contributed by atoms with Crippen molar-refractivity contribution in [3.8, 4) is 0 Å². The van der Waals surface area contributed by atoms with Crippen LogP contribution in [0.3, 0.4) is 0 Å². The Morgan fingerprint density at radius 2 is 1.50 bits per heavy atom.